The number of para-hydroxylation sites is 1. The minimum absolute atomic E-state index is 0.00839. The molecule has 0 atom stereocenters. The smallest absolute Gasteiger partial charge is 0.322 e. The van der Waals surface area contributed by atoms with Crippen molar-refractivity contribution < 1.29 is 18.4 Å². The van der Waals surface area contributed by atoms with E-state index >= 15 is 0 Å². The predicted molar refractivity (Wildman–Crippen MR) is 100 cm³/mol. The molecule has 138 valence electrons. The highest BCUT2D eigenvalue weighted by molar-refractivity contribution is 7.15. The molecule has 27 heavy (non-hydrogen) atoms. The molecule has 9 heteroatoms. The van der Waals surface area contributed by atoms with Gasteiger partial charge in [0.1, 0.15) is 4.88 Å². The van der Waals surface area contributed by atoms with E-state index in [1.807, 2.05) is 32.9 Å². The van der Waals surface area contributed by atoms with E-state index < -0.39 is 5.91 Å². The number of nitrogens with zero attached hydrogens (tertiary/aromatic N) is 3. The van der Waals surface area contributed by atoms with E-state index in [0.29, 0.717) is 23.8 Å². The van der Waals surface area contributed by atoms with Gasteiger partial charge < -0.3 is 13.6 Å². The molecule has 8 nitrogen and oxygen atoms in total. The highest BCUT2D eigenvalue weighted by atomic mass is 32.1. The van der Waals surface area contributed by atoms with Crippen LogP contribution in [0.15, 0.2) is 33.1 Å². The molecule has 0 saturated carbocycles. The van der Waals surface area contributed by atoms with Crippen molar-refractivity contribution in [2.75, 3.05) is 11.9 Å². The van der Waals surface area contributed by atoms with Crippen LogP contribution in [0.25, 0.3) is 21.7 Å². The normalized spacial score (nSPS) is 11.1. The van der Waals surface area contributed by atoms with Gasteiger partial charge >= 0.3 is 6.01 Å². The molecule has 0 aliphatic carbocycles. The van der Waals surface area contributed by atoms with Crippen LogP contribution in [0.4, 0.5) is 6.01 Å². The first-order chi connectivity index (χ1) is 13.0. The van der Waals surface area contributed by atoms with Crippen LogP contribution in [0.2, 0.25) is 0 Å². The number of carbonyl (C=O) groups excluding carboxylic acids is 1. The first-order valence-corrected chi connectivity index (χ1v) is 9.11. The Kier molecular flexibility index (Phi) is 4.36. The Morgan fingerprint density at radius 1 is 1.26 bits per heavy atom. The van der Waals surface area contributed by atoms with Crippen LogP contribution in [-0.4, -0.2) is 27.7 Å². The van der Waals surface area contributed by atoms with Gasteiger partial charge in [0.15, 0.2) is 17.1 Å². The highest BCUT2D eigenvalue weighted by Crippen LogP contribution is 2.31. The van der Waals surface area contributed by atoms with E-state index in [0.717, 1.165) is 21.0 Å². The van der Waals surface area contributed by atoms with Crippen LogP contribution in [0.1, 0.15) is 28.2 Å². The Balaban J connectivity index is 1.57. The van der Waals surface area contributed by atoms with Gasteiger partial charge in [0.2, 0.25) is 0 Å². The van der Waals surface area contributed by atoms with Crippen LogP contribution in [0.5, 0.6) is 5.75 Å². The van der Waals surface area contributed by atoms with Crippen LogP contribution in [0.3, 0.4) is 0 Å². The molecule has 0 radical (unpaired) electrons. The predicted octanol–water partition coefficient (Wildman–Crippen LogP) is 4.21. The molecule has 0 aliphatic heterocycles. The summed E-state index contributed by atoms with van der Waals surface area (Å²) in [5, 5.41) is 12.1. The van der Waals surface area contributed by atoms with E-state index in [4.69, 9.17) is 13.6 Å². The number of thiazole rings is 1. The number of carbonyl (C=O) groups is 1. The van der Waals surface area contributed by atoms with Gasteiger partial charge in [-0.25, -0.2) is 4.98 Å². The Morgan fingerprint density at radius 3 is 2.85 bits per heavy atom. The summed E-state index contributed by atoms with van der Waals surface area (Å²) in [5.41, 5.74) is 1.33. The number of anilines is 1. The lowest BCUT2D eigenvalue weighted by atomic mass is 10.2. The fourth-order valence-electron chi connectivity index (χ4n) is 2.67. The standard InChI is InChI=1S/C18H16N4O4S/c1-4-24-12-7-5-6-11-8-13(25-14(11)12)16(23)20-18-22-21-17(26-18)15-9(2)19-10(3)27-15/h5-8H,4H2,1-3H3,(H,20,22,23). The summed E-state index contributed by atoms with van der Waals surface area (Å²) in [5.74, 6) is 0.546. The monoisotopic (exact) mass is 384 g/mol. The second-order valence-electron chi connectivity index (χ2n) is 5.73. The SMILES string of the molecule is CCOc1cccc2cc(C(=O)Nc3nnc(-c4sc(C)nc4C)o3)oc12. The summed E-state index contributed by atoms with van der Waals surface area (Å²) in [4.78, 5) is 17.6. The second kappa shape index (κ2) is 6.84. The molecule has 0 fully saturated rings. The molecule has 1 aromatic carbocycles. The van der Waals surface area contributed by atoms with E-state index in [1.54, 1.807) is 12.1 Å². The van der Waals surface area contributed by atoms with Crippen molar-refractivity contribution in [2.24, 2.45) is 0 Å². The maximum Gasteiger partial charge on any atom is 0.322 e. The number of hydrogen-bond donors (Lipinski definition) is 1. The number of furan rings is 1. The molecule has 1 amide bonds. The Morgan fingerprint density at radius 2 is 2.11 bits per heavy atom. The van der Waals surface area contributed by atoms with E-state index in [1.165, 1.54) is 11.3 Å². The molecular weight excluding hydrogens is 368 g/mol. The van der Waals surface area contributed by atoms with Gasteiger partial charge in [-0.1, -0.05) is 17.2 Å². The lowest BCUT2D eigenvalue weighted by molar-refractivity contribution is 0.0995. The fraction of sp³-hybridized carbons (Fsp3) is 0.222. The van der Waals surface area contributed by atoms with Crippen molar-refractivity contribution >= 4 is 34.2 Å². The number of hydrogen-bond acceptors (Lipinski definition) is 8. The Bertz CT molecular complexity index is 1130. The van der Waals surface area contributed by atoms with Crippen molar-refractivity contribution in [1.29, 1.82) is 0 Å². The third-order valence-electron chi connectivity index (χ3n) is 3.77. The van der Waals surface area contributed by atoms with Gasteiger partial charge in [-0.3, -0.25) is 10.1 Å². The fourth-order valence-corrected chi connectivity index (χ4v) is 3.51. The Hall–Kier alpha value is -3.20. The summed E-state index contributed by atoms with van der Waals surface area (Å²) >= 11 is 1.45. The van der Waals surface area contributed by atoms with Gasteiger partial charge in [-0.15, -0.1) is 16.4 Å². The third kappa shape index (κ3) is 3.28. The number of benzene rings is 1. The van der Waals surface area contributed by atoms with Gasteiger partial charge in [0, 0.05) is 5.39 Å². The molecule has 3 aromatic heterocycles. The van der Waals surface area contributed by atoms with Crippen LogP contribution >= 0.6 is 11.3 Å². The quantitative estimate of drug-likeness (QED) is 0.550. The van der Waals surface area contributed by atoms with E-state index in [-0.39, 0.29) is 11.8 Å². The topological polar surface area (TPSA) is 103 Å². The minimum atomic E-state index is -0.485. The molecule has 0 spiro atoms. The summed E-state index contributed by atoms with van der Waals surface area (Å²) in [6.07, 6.45) is 0. The number of aromatic nitrogens is 3. The zero-order valence-electron chi connectivity index (χ0n) is 14.9. The number of ether oxygens (including phenoxy) is 1. The summed E-state index contributed by atoms with van der Waals surface area (Å²) < 4.78 is 16.7. The molecule has 0 aliphatic rings. The van der Waals surface area contributed by atoms with Crippen molar-refractivity contribution in [3.8, 4) is 16.5 Å². The molecule has 0 unspecified atom stereocenters. The maximum absolute atomic E-state index is 12.5. The second-order valence-corrected chi connectivity index (χ2v) is 6.94. The molecule has 0 saturated heterocycles. The molecule has 3 heterocycles. The van der Waals surface area contributed by atoms with Crippen LogP contribution in [-0.2, 0) is 0 Å². The number of aryl methyl sites for hydroxylation is 2. The lowest BCUT2D eigenvalue weighted by Gasteiger charge is -2.02. The van der Waals surface area contributed by atoms with Crippen molar-refractivity contribution in [1.82, 2.24) is 15.2 Å². The number of nitrogens with one attached hydrogen (secondary N) is 1. The van der Waals surface area contributed by atoms with Gasteiger partial charge in [-0.05, 0) is 32.9 Å². The average molecular weight is 384 g/mol. The van der Waals surface area contributed by atoms with Crippen molar-refractivity contribution in [3.05, 3.63) is 40.7 Å². The summed E-state index contributed by atoms with van der Waals surface area (Å²) in [6.45, 7) is 6.15. The molecular formula is C18H16N4O4S. The zero-order chi connectivity index (χ0) is 19.0. The van der Waals surface area contributed by atoms with Gasteiger partial charge in [-0.2, -0.15) is 0 Å². The summed E-state index contributed by atoms with van der Waals surface area (Å²) in [6, 6.07) is 7.11. The van der Waals surface area contributed by atoms with Crippen molar-refractivity contribution in [2.45, 2.75) is 20.8 Å². The van der Waals surface area contributed by atoms with E-state index in [9.17, 15) is 4.79 Å². The first-order valence-electron chi connectivity index (χ1n) is 8.29. The third-order valence-corrected chi connectivity index (χ3v) is 4.84. The highest BCUT2D eigenvalue weighted by Gasteiger charge is 2.19. The minimum Gasteiger partial charge on any atom is -0.490 e. The van der Waals surface area contributed by atoms with E-state index in [2.05, 4.69) is 20.5 Å². The zero-order valence-corrected chi connectivity index (χ0v) is 15.7. The van der Waals surface area contributed by atoms with Crippen LogP contribution < -0.4 is 10.1 Å². The van der Waals surface area contributed by atoms with Crippen molar-refractivity contribution in [3.63, 3.8) is 0 Å². The molecule has 4 aromatic rings. The lowest BCUT2D eigenvalue weighted by Crippen LogP contribution is -2.10. The first kappa shape index (κ1) is 17.2. The van der Waals surface area contributed by atoms with Crippen LogP contribution in [0, 0.1) is 13.8 Å². The summed E-state index contributed by atoms with van der Waals surface area (Å²) in [7, 11) is 0. The molecule has 1 N–H and O–H groups in total. The number of amides is 1. The molecule has 0 bridgehead atoms. The maximum atomic E-state index is 12.5. The van der Waals surface area contributed by atoms with Gasteiger partial charge in [0.25, 0.3) is 11.8 Å². The Labute approximate surface area is 158 Å². The molecule has 4 rings (SSSR count). The number of fused-ring (bicyclic) bond motifs is 1. The average Bonchev–Trinajstić information content (AvgIpc) is 3.33. The number of rotatable bonds is 5. The van der Waals surface area contributed by atoms with Gasteiger partial charge in [0.05, 0.1) is 17.3 Å². The largest absolute Gasteiger partial charge is 0.490 e.